The number of benzene rings is 2. The lowest BCUT2D eigenvalue weighted by atomic mass is 9.81. The second-order valence-electron chi connectivity index (χ2n) is 8.56. The van der Waals surface area contributed by atoms with E-state index in [4.69, 9.17) is 0 Å². The van der Waals surface area contributed by atoms with Crippen LogP contribution >= 0.6 is 0 Å². The molecule has 0 unspecified atom stereocenters. The Hall–Kier alpha value is -3.74. The fourth-order valence-electron chi connectivity index (χ4n) is 4.48. The van der Waals surface area contributed by atoms with E-state index in [1.165, 1.54) is 4.57 Å². The molecule has 7 heteroatoms. The minimum Gasteiger partial charge on any atom is -0.314 e. The summed E-state index contributed by atoms with van der Waals surface area (Å²) in [5, 5.41) is 3.43. The normalized spacial score (nSPS) is 18.8. The molecule has 0 radical (unpaired) electrons. The highest BCUT2D eigenvalue weighted by molar-refractivity contribution is 5.99. The molecule has 0 aliphatic heterocycles. The van der Waals surface area contributed by atoms with Crippen LogP contribution in [0.1, 0.15) is 38.2 Å². The Balaban J connectivity index is 1.37. The van der Waals surface area contributed by atoms with Crippen LogP contribution in [0, 0.1) is 11.8 Å². The summed E-state index contributed by atoms with van der Waals surface area (Å²) in [6.45, 7) is 5.94. The van der Waals surface area contributed by atoms with Crippen molar-refractivity contribution in [1.29, 1.82) is 0 Å². The summed E-state index contributed by atoms with van der Waals surface area (Å²) in [7, 11) is 0. The molecule has 2 N–H and O–H groups in total. The highest BCUT2D eigenvalue weighted by Gasteiger charge is 2.27. The first-order valence-corrected chi connectivity index (χ1v) is 11.3. The lowest BCUT2D eigenvalue weighted by Crippen LogP contribution is -2.39. The maximum absolute atomic E-state index is 12.8. The number of aliphatic imine (C=N–C) groups is 1. The molecule has 0 spiro atoms. The van der Waals surface area contributed by atoms with Crippen LogP contribution in [0.4, 0.5) is 5.69 Å². The lowest BCUT2D eigenvalue weighted by Gasteiger charge is -2.28. The van der Waals surface area contributed by atoms with E-state index in [2.05, 4.69) is 21.9 Å². The zero-order chi connectivity index (χ0) is 23.4. The van der Waals surface area contributed by atoms with Crippen molar-refractivity contribution in [2.24, 2.45) is 16.8 Å². The average molecular weight is 445 g/mol. The Bertz CT molecular complexity index is 1330. The molecule has 1 heterocycles. The molecular weight excluding hydrogens is 416 g/mol. The molecule has 1 saturated carbocycles. The fraction of sp³-hybridized carbons (Fsp3) is 0.308. The molecule has 1 aliphatic rings. The van der Waals surface area contributed by atoms with Gasteiger partial charge in [0.25, 0.3) is 5.56 Å². The summed E-state index contributed by atoms with van der Waals surface area (Å²) in [5.74, 6) is 0.591. The van der Waals surface area contributed by atoms with Crippen LogP contribution in [0.25, 0.3) is 17.0 Å². The molecule has 1 aliphatic carbocycles. The summed E-state index contributed by atoms with van der Waals surface area (Å²) in [6, 6.07) is 14.7. The van der Waals surface area contributed by atoms with Crippen molar-refractivity contribution in [3.8, 4) is 0 Å². The van der Waals surface area contributed by atoms with Crippen LogP contribution in [0.5, 0.6) is 0 Å². The number of aromatic nitrogens is 2. The number of H-pyrrole nitrogens is 1. The number of amidine groups is 1. The Morgan fingerprint density at radius 1 is 1.12 bits per heavy atom. The second-order valence-corrected chi connectivity index (χ2v) is 8.56. The standard InChI is InChI=1S/C26H28N4O3/c1-3-19-8-4-6-10-22(19)27-17(2)28-24(31)20-14-12-18(13-15-20)16-30-25(32)21-9-5-7-11-23(21)29-26(30)33/h3-11,18,20H,1,12-16H2,2H3,(H,29,33)(H,27,28,31). The average Bonchev–Trinajstić information content (AvgIpc) is 2.82. The summed E-state index contributed by atoms with van der Waals surface area (Å²) < 4.78 is 1.29. The number of rotatable bonds is 5. The highest BCUT2D eigenvalue weighted by atomic mass is 16.2. The first-order chi connectivity index (χ1) is 16.0. The minimum atomic E-state index is -0.384. The zero-order valence-corrected chi connectivity index (χ0v) is 18.7. The molecule has 7 nitrogen and oxygen atoms in total. The number of hydrogen-bond donors (Lipinski definition) is 2. The molecule has 0 saturated heterocycles. The molecule has 2 aromatic carbocycles. The van der Waals surface area contributed by atoms with E-state index in [9.17, 15) is 14.4 Å². The topological polar surface area (TPSA) is 96.3 Å². The molecule has 1 amide bonds. The predicted octanol–water partition coefficient (Wildman–Crippen LogP) is 4.01. The largest absolute Gasteiger partial charge is 0.328 e. The van der Waals surface area contributed by atoms with Gasteiger partial charge in [0.2, 0.25) is 5.91 Å². The lowest BCUT2D eigenvalue weighted by molar-refractivity contribution is -0.124. The van der Waals surface area contributed by atoms with Gasteiger partial charge in [-0.15, -0.1) is 0 Å². The van der Waals surface area contributed by atoms with Crippen LogP contribution < -0.4 is 16.6 Å². The first-order valence-electron chi connectivity index (χ1n) is 11.3. The van der Waals surface area contributed by atoms with Gasteiger partial charge in [-0.25, -0.2) is 9.79 Å². The van der Waals surface area contributed by atoms with E-state index in [1.54, 1.807) is 37.3 Å². The van der Waals surface area contributed by atoms with E-state index in [-0.39, 0.29) is 29.0 Å². The fourth-order valence-corrected chi connectivity index (χ4v) is 4.48. The third-order valence-electron chi connectivity index (χ3n) is 6.30. The number of hydrogen-bond acceptors (Lipinski definition) is 4. The maximum atomic E-state index is 12.8. The molecule has 1 fully saturated rings. The van der Waals surface area contributed by atoms with Crippen LogP contribution in [0.3, 0.4) is 0 Å². The van der Waals surface area contributed by atoms with Gasteiger partial charge in [0.1, 0.15) is 5.84 Å². The van der Waals surface area contributed by atoms with E-state index < -0.39 is 0 Å². The number of aromatic amines is 1. The second kappa shape index (κ2) is 9.81. The Morgan fingerprint density at radius 2 is 1.82 bits per heavy atom. The number of nitrogens with one attached hydrogen (secondary N) is 2. The van der Waals surface area contributed by atoms with Gasteiger partial charge in [-0.2, -0.15) is 0 Å². The minimum absolute atomic E-state index is 0.0356. The van der Waals surface area contributed by atoms with E-state index in [0.717, 1.165) is 24.1 Å². The third kappa shape index (κ3) is 5.03. The number of amides is 1. The molecule has 3 aromatic rings. The summed E-state index contributed by atoms with van der Waals surface area (Å²) >= 11 is 0. The SMILES string of the molecule is C=Cc1ccccc1N=C(C)NC(=O)C1CCC(Cn2c(=O)[nH]c3ccccc3c2=O)CC1. The van der Waals surface area contributed by atoms with Crippen molar-refractivity contribution in [3.05, 3.63) is 81.5 Å². The van der Waals surface area contributed by atoms with Crippen LogP contribution in [-0.4, -0.2) is 21.3 Å². The Kier molecular flexibility index (Phi) is 6.68. The van der Waals surface area contributed by atoms with Gasteiger partial charge in [-0.1, -0.05) is 43.0 Å². The van der Waals surface area contributed by atoms with E-state index in [0.29, 0.717) is 36.1 Å². The monoisotopic (exact) mass is 444 g/mol. The van der Waals surface area contributed by atoms with Gasteiger partial charge in [-0.3, -0.25) is 14.2 Å². The highest BCUT2D eigenvalue weighted by Crippen LogP contribution is 2.29. The van der Waals surface area contributed by atoms with E-state index >= 15 is 0 Å². The predicted molar refractivity (Wildman–Crippen MR) is 132 cm³/mol. The van der Waals surface area contributed by atoms with Crippen LogP contribution in [0.15, 0.2) is 69.7 Å². The van der Waals surface area contributed by atoms with Crippen LogP contribution in [-0.2, 0) is 11.3 Å². The van der Waals surface area contributed by atoms with Crippen molar-refractivity contribution >= 4 is 34.4 Å². The van der Waals surface area contributed by atoms with Crippen molar-refractivity contribution in [2.75, 3.05) is 0 Å². The molecule has 0 atom stereocenters. The van der Waals surface area contributed by atoms with Crippen molar-refractivity contribution in [1.82, 2.24) is 14.9 Å². The first kappa shape index (κ1) is 22.5. The van der Waals surface area contributed by atoms with Crippen molar-refractivity contribution in [3.63, 3.8) is 0 Å². The molecule has 0 bridgehead atoms. The quantitative estimate of drug-likeness (QED) is 0.460. The van der Waals surface area contributed by atoms with Gasteiger partial charge in [0.05, 0.1) is 16.6 Å². The number of carbonyl (C=O) groups excluding carboxylic acids is 1. The van der Waals surface area contributed by atoms with Crippen molar-refractivity contribution in [2.45, 2.75) is 39.2 Å². The van der Waals surface area contributed by atoms with Gasteiger partial charge in [0.15, 0.2) is 0 Å². The number of carbonyl (C=O) groups is 1. The number of nitrogens with zero attached hydrogens (tertiary/aromatic N) is 2. The molecule has 170 valence electrons. The smallest absolute Gasteiger partial charge is 0.314 e. The summed E-state index contributed by atoms with van der Waals surface area (Å²) in [4.78, 5) is 45.3. The molecule has 4 rings (SSSR count). The molecular formula is C26H28N4O3. The number of fused-ring (bicyclic) bond motifs is 1. The molecule has 1 aromatic heterocycles. The maximum Gasteiger partial charge on any atom is 0.328 e. The Morgan fingerprint density at radius 3 is 2.58 bits per heavy atom. The summed E-state index contributed by atoms with van der Waals surface area (Å²) in [5.41, 5.74) is 1.58. The molecule has 33 heavy (non-hydrogen) atoms. The third-order valence-corrected chi connectivity index (χ3v) is 6.30. The van der Waals surface area contributed by atoms with E-state index in [1.807, 2.05) is 24.3 Å². The van der Waals surface area contributed by atoms with Crippen molar-refractivity contribution < 1.29 is 4.79 Å². The van der Waals surface area contributed by atoms with Gasteiger partial charge < -0.3 is 10.3 Å². The zero-order valence-electron chi connectivity index (χ0n) is 18.7. The van der Waals surface area contributed by atoms with Crippen LogP contribution in [0.2, 0.25) is 0 Å². The van der Waals surface area contributed by atoms with Gasteiger partial charge in [0, 0.05) is 12.5 Å². The van der Waals surface area contributed by atoms with Gasteiger partial charge in [-0.05, 0) is 62.3 Å². The summed E-state index contributed by atoms with van der Waals surface area (Å²) in [6.07, 6.45) is 4.74. The number of para-hydroxylation sites is 2. The van der Waals surface area contributed by atoms with Gasteiger partial charge >= 0.3 is 5.69 Å². The Labute approximate surface area is 191 Å².